The van der Waals surface area contributed by atoms with E-state index in [1.165, 1.54) is 37.1 Å². The quantitative estimate of drug-likeness (QED) is 0.629. The van der Waals surface area contributed by atoms with Gasteiger partial charge in [-0.2, -0.15) is 0 Å². The number of hydrogen-bond acceptors (Lipinski definition) is 4. The van der Waals surface area contributed by atoms with Gasteiger partial charge in [-0.3, -0.25) is 10.1 Å². The number of rotatable bonds is 4. The molecule has 0 atom stereocenters. The van der Waals surface area contributed by atoms with Crippen LogP contribution in [0, 0.1) is 15.9 Å². The molecule has 0 saturated heterocycles. The van der Waals surface area contributed by atoms with Gasteiger partial charge in [0.05, 0.1) is 12.0 Å². The molecule has 2 rings (SSSR count). The Bertz CT molecular complexity index is 601. The number of nitro groups is 1. The summed E-state index contributed by atoms with van der Waals surface area (Å²) in [5.74, 6) is 0.0632. The Hall–Kier alpha value is -2.08. The second kappa shape index (κ2) is 5.71. The second-order valence-corrected chi connectivity index (χ2v) is 4.76. The number of nitrogens with zero attached hydrogens (tertiary/aromatic N) is 1. The van der Waals surface area contributed by atoms with Gasteiger partial charge in [0.15, 0.2) is 0 Å². The van der Waals surface area contributed by atoms with Crippen molar-refractivity contribution in [2.24, 2.45) is 0 Å². The highest BCUT2D eigenvalue weighted by Gasteiger charge is 2.08. The second-order valence-electron chi connectivity index (χ2n) is 3.65. The SMILES string of the molecule is COc1ccc(Sc2ccc([N+](=O)[O-])cc2)c(F)c1. The number of hydrogen-bond donors (Lipinski definition) is 0. The van der Waals surface area contributed by atoms with Crippen LogP contribution in [0.5, 0.6) is 5.75 Å². The predicted molar refractivity (Wildman–Crippen MR) is 70.2 cm³/mol. The standard InChI is InChI=1S/C13H10FNO3S/c1-18-10-4-7-13(12(14)8-10)19-11-5-2-9(3-6-11)15(16)17/h2-8H,1H3. The van der Waals surface area contributed by atoms with Crippen LogP contribution >= 0.6 is 11.8 Å². The van der Waals surface area contributed by atoms with Gasteiger partial charge in [0.1, 0.15) is 11.6 Å². The predicted octanol–water partition coefficient (Wildman–Crippen LogP) is 3.89. The van der Waals surface area contributed by atoms with E-state index in [2.05, 4.69) is 0 Å². The van der Waals surface area contributed by atoms with Crippen molar-refractivity contribution in [3.63, 3.8) is 0 Å². The fraction of sp³-hybridized carbons (Fsp3) is 0.0769. The maximum Gasteiger partial charge on any atom is 0.269 e. The average Bonchev–Trinajstić information content (AvgIpc) is 2.41. The summed E-state index contributed by atoms with van der Waals surface area (Å²) < 4.78 is 18.6. The monoisotopic (exact) mass is 279 g/mol. The van der Waals surface area contributed by atoms with E-state index in [1.54, 1.807) is 24.3 Å². The van der Waals surface area contributed by atoms with Crippen LogP contribution in [0.25, 0.3) is 0 Å². The summed E-state index contributed by atoms with van der Waals surface area (Å²) in [7, 11) is 1.47. The van der Waals surface area contributed by atoms with E-state index in [0.29, 0.717) is 10.6 Å². The van der Waals surface area contributed by atoms with E-state index in [4.69, 9.17) is 4.74 Å². The molecule has 2 aromatic rings. The Morgan fingerprint density at radius 2 is 1.89 bits per heavy atom. The van der Waals surface area contributed by atoms with Crippen LogP contribution in [-0.4, -0.2) is 12.0 Å². The minimum Gasteiger partial charge on any atom is -0.497 e. The summed E-state index contributed by atoms with van der Waals surface area (Å²) in [5, 5.41) is 10.5. The molecular formula is C13H10FNO3S. The van der Waals surface area contributed by atoms with Gasteiger partial charge in [-0.1, -0.05) is 11.8 Å². The highest BCUT2D eigenvalue weighted by molar-refractivity contribution is 7.99. The van der Waals surface area contributed by atoms with Gasteiger partial charge in [-0.25, -0.2) is 4.39 Å². The van der Waals surface area contributed by atoms with Gasteiger partial charge in [-0.05, 0) is 24.3 Å². The van der Waals surface area contributed by atoms with Crippen molar-refractivity contribution in [1.29, 1.82) is 0 Å². The van der Waals surface area contributed by atoms with Crippen LogP contribution in [0.15, 0.2) is 52.3 Å². The van der Waals surface area contributed by atoms with E-state index in [0.717, 1.165) is 4.90 Å². The van der Waals surface area contributed by atoms with Crippen LogP contribution in [0.1, 0.15) is 0 Å². The first-order chi connectivity index (χ1) is 9.10. The molecule has 0 N–H and O–H groups in total. The number of methoxy groups -OCH3 is 1. The number of halogens is 1. The van der Waals surface area contributed by atoms with Gasteiger partial charge in [0.2, 0.25) is 0 Å². The summed E-state index contributed by atoms with van der Waals surface area (Å²) in [5.41, 5.74) is 0.0135. The highest BCUT2D eigenvalue weighted by Crippen LogP contribution is 2.32. The molecule has 2 aromatic carbocycles. The van der Waals surface area contributed by atoms with Crippen molar-refractivity contribution in [2.45, 2.75) is 9.79 Å². The molecule has 0 radical (unpaired) electrons. The van der Waals surface area contributed by atoms with Crippen molar-refractivity contribution in [3.05, 3.63) is 58.4 Å². The Morgan fingerprint density at radius 1 is 1.21 bits per heavy atom. The van der Waals surface area contributed by atoms with Crippen LogP contribution in [0.2, 0.25) is 0 Å². The minimum absolute atomic E-state index is 0.0135. The Balaban J connectivity index is 2.19. The van der Waals surface area contributed by atoms with Crippen molar-refractivity contribution >= 4 is 17.4 Å². The molecule has 0 amide bonds. The third-order valence-electron chi connectivity index (χ3n) is 2.41. The van der Waals surface area contributed by atoms with E-state index in [1.807, 2.05) is 0 Å². The van der Waals surface area contributed by atoms with E-state index in [9.17, 15) is 14.5 Å². The summed E-state index contributed by atoms with van der Waals surface area (Å²) >= 11 is 1.20. The lowest BCUT2D eigenvalue weighted by atomic mass is 10.3. The third-order valence-corrected chi connectivity index (χ3v) is 3.47. The molecule has 0 heterocycles. The maximum atomic E-state index is 13.7. The lowest BCUT2D eigenvalue weighted by molar-refractivity contribution is -0.384. The van der Waals surface area contributed by atoms with E-state index in [-0.39, 0.29) is 11.5 Å². The molecule has 0 fully saturated rings. The summed E-state index contributed by atoms with van der Waals surface area (Å²) in [6.45, 7) is 0. The summed E-state index contributed by atoms with van der Waals surface area (Å²) in [6.07, 6.45) is 0. The minimum atomic E-state index is -0.470. The zero-order valence-electron chi connectivity index (χ0n) is 10.00. The largest absolute Gasteiger partial charge is 0.497 e. The molecule has 0 saturated carbocycles. The molecular weight excluding hydrogens is 269 g/mol. The van der Waals surface area contributed by atoms with Crippen LogP contribution < -0.4 is 4.74 Å². The maximum absolute atomic E-state index is 13.7. The summed E-state index contributed by atoms with van der Waals surface area (Å²) in [4.78, 5) is 11.2. The lowest BCUT2D eigenvalue weighted by Gasteiger charge is -2.05. The van der Waals surface area contributed by atoms with E-state index < -0.39 is 4.92 Å². The first kappa shape index (κ1) is 13.4. The molecule has 0 unspecified atom stereocenters. The highest BCUT2D eigenvalue weighted by atomic mass is 32.2. The third kappa shape index (κ3) is 3.23. The molecule has 0 bridgehead atoms. The molecule has 0 aliphatic heterocycles. The molecule has 19 heavy (non-hydrogen) atoms. The molecule has 98 valence electrons. The van der Waals surface area contributed by atoms with E-state index >= 15 is 0 Å². The molecule has 6 heteroatoms. The lowest BCUT2D eigenvalue weighted by Crippen LogP contribution is -1.88. The van der Waals surface area contributed by atoms with Gasteiger partial charge in [-0.15, -0.1) is 0 Å². The van der Waals surface area contributed by atoms with Gasteiger partial charge < -0.3 is 4.74 Å². The number of non-ortho nitro benzene ring substituents is 1. The Labute approximate surface area is 113 Å². The van der Waals surface area contributed by atoms with Crippen molar-refractivity contribution in [3.8, 4) is 5.75 Å². The normalized spacial score (nSPS) is 10.2. The smallest absolute Gasteiger partial charge is 0.269 e. The zero-order chi connectivity index (χ0) is 13.8. The fourth-order valence-corrected chi connectivity index (χ4v) is 2.27. The van der Waals surface area contributed by atoms with Crippen molar-refractivity contribution in [2.75, 3.05) is 7.11 Å². The fourth-order valence-electron chi connectivity index (χ4n) is 1.45. The first-order valence-electron chi connectivity index (χ1n) is 5.36. The number of ether oxygens (including phenoxy) is 1. The topological polar surface area (TPSA) is 52.4 Å². The van der Waals surface area contributed by atoms with Crippen LogP contribution in [0.3, 0.4) is 0 Å². The van der Waals surface area contributed by atoms with Crippen molar-refractivity contribution in [1.82, 2.24) is 0 Å². The number of nitro benzene ring substituents is 1. The van der Waals surface area contributed by atoms with Gasteiger partial charge in [0.25, 0.3) is 5.69 Å². The molecule has 0 aromatic heterocycles. The number of benzene rings is 2. The first-order valence-corrected chi connectivity index (χ1v) is 6.17. The average molecular weight is 279 g/mol. The zero-order valence-corrected chi connectivity index (χ0v) is 10.8. The summed E-state index contributed by atoms with van der Waals surface area (Å²) in [6, 6.07) is 10.5. The van der Waals surface area contributed by atoms with Crippen LogP contribution in [-0.2, 0) is 0 Å². The Kier molecular flexibility index (Phi) is 4.01. The molecule has 0 aliphatic rings. The van der Waals surface area contributed by atoms with Gasteiger partial charge >= 0.3 is 0 Å². The molecule has 0 spiro atoms. The molecule has 0 aliphatic carbocycles. The van der Waals surface area contributed by atoms with Crippen molar-refractivity contribution < 1.29 is 14.1 Å². The Morgan fingerprint density at radius 3 is 2.42 bits per heavy atom. The van der Waals surface area contributed by atoms with Gasteiger partial charge in [0, 0.05) is 28.0 Å². The molecule has 4 nitrogen and oxygen atoms in total. The van der Waals surface area contributed by atoms with Crippen LogP contribution in [0.4, 0.5) is 10.1 Å².